The molecule has 0 saturated heterocycles. The van der Waals surface area contributed by atoms with Gasteiger partial charge in [-0.1, -0.05) is 23.7 Å². The van der Waals surface area contributed by atoms with E-state index in [9.17, 15) is 0 Å². The molecule has 1 atom stereocenters. The Kier molecular flexibility index (Phi) is 9.18. The standard InChI is InChI=1S/C20H29ClN4O2/c1-22-20(23-11-5-12-26-15-18-6-4-13-27-18)24-14-19(25(2)3)16-7-9-17(21)10-8-16/h4,6-10,13,19H,5,11-12,14-15H2,1-3H3,(H2,22,23,24). The second-order valence-corrected chi connectivity index (χ2v) is 6.83. The fourth-order valence-corrected chi connectivity index (χ4v) is 2.77. The van der Waals surface area contributed by atoms with E-state index in [0.717, 1.165) is 36.3 Å². The van der Waals surface area contributed by atoms with Crippen LogP contribution in [0.5, 0.6) is 0 Å². The van der Waals surface area contributed by atoms with E-state index in [1.807, 2.05) is 24.3 Å². The van der Waals surface area contributed by atoms with E-state index in [1.165, 1.54) is 5.56 Å². The van der Waals surface area contributed by atoms with Crippen molar-refractivity contribution in [2.24, 2.45) is 4.99 Å². The molecule has 0 bridgehead atoms. The summed E-state index contributed by atoms with van der Waals surface area (Å²) in [7, 11) is 5.90. The fraction of sp³-hybridized carbons (Fsp3) is 0.450. The molecule has 0 fully saturated rings. The summed E-state index contributed by atoms with van der Waals surface area (Å²) in [5.74, 6) is 1.62. The zero-order valence-corrected chi connectivity index (χ0v) is 17.0. The van der Waals surface area contributed by atoms with Gasteiger partial charge < -0.3 is 24.7 Å². The lowest BCUT2D eigenvalue weighted by Crippen LogP contribution is -2.42. The summed E-state index contributed by atoms with van der Waals surface area (Å²) < 4.78 is 10.8. The SMILES string of the molecule is CN=C(NCCCOCc1ccco1)NCC(c1ccc(Cl)cc1)N(C)C. The number of likely N-dealkylation sites (N-methyl/N-ethyl adjacent to an activating group) is 1. The van der Waals surface area contributed by atoms with Crippen LogP contribution in [0.25, 0.3) is 0 Å². The van der Waals surface area contributed by atoms with Gasteiger partial charge in [0, 0.05) is 31.8 Å². The van der Waals surface area contributed by atoms with E-state index in [0.29, 0.717) is 13.2 Å². The van der Waals surface area contributed by atoms with E-state index in [-0.39, 0.29) is 6.04 Å². The maximum atomic E-state index is 5.99. The van der Waals surface area contributed by atoms with Crippen molar-refractivity contribution in [2.45, 2.75) is 19.1 Å². The Hall–Kier alpha value is -2.02. The molecule has 2 aromatic rings. The highest BCUT2D eigenvalue weighted by molar-refractivity contribution is 6.30. The summed E-state index contributed by atoms with van der Waals surface area (Å²) in [6.07, 6.45) is 2.54. The van der Waals surface area contributed by atoms with Gasteiger partial charge in [0.05, 0.1) is 12.3 Å². The quantitative estimate of drug-likeness (QED) is 0.369. The maximum Gasteiger partial charge on any atom is 0.191 e. The average Bonchev–Trinajstić information content (AvgIpc) is 3.17. The maximum absolute atomic E-state index is 5.99. The Bertz CT molecular complexity index is 672. The number of guanidine groups is 1. The Morgan fingerprint density at radius 1 is 1.22 bits per heavy atom. The number of nitrogens with one attached hydrogen (secondary N) is 2. The number of furan rings is 1. The predicted octanol–water partition coefficient (Wildman–Crippen LogP) is 3.31. The first kappa shape index (κ1) is 21.3. The third kappa shape index (κ3) is 7.62. The van der Waals surface area contributed by atoms with Gasteiger partial charge in [-0.2, -0.15) is 0 Å². The molecule has 0 aliphatic rings. The molecular weight excluding hydrogens is 364 g/mol. The van der Waals surface area contributed by atoms with Crippen LogP contribution >= 0.6 is 11.6 Å². The molecule has 1 heterocycles. The first-order valence-corrected chi connectivity index (χ1v) is 9.44. The van der Waals surface area contributed by atoms with Gasteiger partial charge in [0.2, 0.25) is 0 Å². The van der Waals surface area contributed by atoms with Gasteiger partial charge in [0.15, 0.2) is 5.96 Å². The molecule has 1 aromatic carbocycles. The van der Waals surface area contributed by atoms with Gasteiger partial charge in [0.25, 0.3) is 0 Å². The number of hydrogen-bond donors (Lipinski definition) is 2. The first-order chi connectivity index (χ1) is 13.1. The normalized spacial score (nSPS) is 13.0. The van der Waals surface area contributed by atoms with Crippen LogP contribution in [0.15, 0.2) is 52.1 Å². The highest BCUT2D eigenvalue weighted by Crippen LogP contribution is 2.19. The first-order valence-electron chi connectivity index (χ1n) is 9.06. The lowest BCUT2D eigenvalue weighted by atomic mass is 10.1. The number of ether oxygens (including phenoxy) is 1. The number of rotatable bonds is 10. The van der Waals surface area contributed by atoms with Crippen molar-refractivity contribution in [1.29, 1.82) is 0 Å². The molecule has 27 heavy (non-hydrogen) atoms. The Morgan fingerprint density at radius 3 is 2.63 bits per heavy atom. The molecule has 1 aromatic heterocycles. The van der Waals surface area contributed by atoms with Gasteiger partial charge in [0.1, 0.15) is 12.4 Å². The van der Waals surface area contributed by atoms with Crippen LogP contribution in [0.2, 0.25) is 5.02 Å². The third-order valence-electron chi connectivity index (χ3n) is 4.15. The third-order valence-corrected chi connectivity index (χ3v) is 4.40. The van der Waals surface area contributed by atoms with Crippen molar-refractivity contribution in [2.75, 3.05) is 40.8 Å². The van der Waals surface area contributed by atoms with Crippen LogP contribution in [0.1, 0.15) is 23.8 Å². The molecule has 0 radical (unpaired) electrons. The van der Waals surface area contributed by atoms with Gasteiger partial charge in [-0.05, 0) is 50.3 Å². The fourth-order valence-electron chi connectivity index (χ4n) is 2.65. The van der Waals surface area contributed by atoms with Crippen LogP contribution in [-0.4, -0.2) is 51.7 Å². The summed E-state index contributed by atoms with van der Waals surface area (Å²) in [5.41, 5.74) is 1.21. The zero-order chi connectivity index (χ0) is 19.5. The van der Waals surface area contributed by atoms with Crippen molar-refractivity contribution in [3.05, 3.63) is 59.0 Å². The molecule has 2 N–H and O–H groups in total. The van der Waals surface area contributed by atoms with E-state index in [2.05, 4.69) is 46.8 Å². The second kappa shape index (κ2) is 11.6. The Labute approximate surface area is 166 Å². The largest absolute Gasteiger partial charge is 0.467 e. The molecule has 148 valence electrons. The number of benzene rings is 1. The molecule has 2 rings (SSSR count). The van der Waals surface area contributed by atoms with Gasteiger partial charge in [-0.3, -0.25) is 4.99 Å². The molecule has 0 aliphatic carbocycles. The average molecular weight is 393 g/mol. The molecule has 0 spiro atoms. The monoisotopic (exact) mass is 392 g/mol. The second-order valence-electron chi connectivity index (χ2n) is 6.40. The number of aliphatic imine (C=N–C) groups is 1. The van der Waals surface area contributed by atoms with Crippen LogP contribution < -0.4 is 10.6 Å². The lowest BCUT2D eigenvalue weighted by Gasteiger charge is -2.26. The number of hydrogen-bond acceptors (Lipinski definition) is 4. The molecule has 1 unspecified atom stereocenters. The number of halogens is 1. The molecule has 6 nitrogen and oxygen atoms in total. The van der Waals surface area contributed by atoms with Crippen molar-refractivity contribution >= 4 is 17.6 Å². The smallest absolute Gasteiger partial charge is 0.191 e. The van der Waals surface area contributed by atoms with Crippen molar-refractivity contribution in [3.63, 3.8) is 0 Å². The highest BCUT2D eigenvalue weighted by atomic mass is 35.5. The summed E-state index contributed by atoms with van der Waals surface area (Å²) >= 11 is 5.99. The van der Waals surface area contributed by atoms with Crippen LogP contribution in [-0.2, 0) is 11.3 Å². The zero-order valence-electron chi connectivity index (χ0n) is 16.2. The van der Waals surface area contributed by atoms with Crippen molar-refractivity contribution < 1.29 is 9.15 Å². The van der Waals surface area contributed by atoms with E-state index in [4.69, 9.17) is 20.8 Å². The van der Waals surface area contributed by atoms with Crippen molar-refractivity contribution in [3.8, 4) is 0 Å². The summed E-state index contributed by atoms with van der Waals surface area (Å²) in [4.78, 5) is 6.46. The Balaban J connectivity index is 1.69. The minimum absolute atomic E-state index is 0.220. The predicted molar refractivity (Wildman–Crippen MR) is 110 cm³/mol. The van der Waals surface area contributed by atoms with E-state index in [1.54, 1.807) is 13.3 Å². The van der Waals surface area contributed by atoms with Gasteiger partial charge in [-0.25, -0.2) is 0 Å². The van der Waals surface area contributed by atoms with Gasteiger partial charge in [-0.15, -0.1) is 0 Å². The molecule has 0 saturated carbocycles. The van der Waals surface area contributed by atoms with Crippen LogP contribution in [0.4, 0.5) is 0 Å². The van der Waals surface area contributed by atoms with E-state index >= 15 is 0 Å². The minimum atomic E-state index is 0.220. The van der Waals surface area contributed by atoms with Crippen LogP contribution in [0, 0.1) is 0 Å². The molecule has 0 amide bonds. The summed E-state index contributed by atoms with van der Waals surface area (Å²) in [6.45, 7) is 2.69. The van der Waals surface area contributed by atoms with Crippen LogP contribution in [0.3, 0.4) is 0 Å². The topological polar surface area (TPSA) is 62.0 Å². The molecule has 7 heteroatoms. The van der Waals surface area contributed by atoms with Crippen molar-refractivity contribution in [1.82, 2.24) is 15.5 Å². The van der Waals surface area contributed by atoms with Gasteiger partial charge >= 0.3 is 0 Å². The summed E-state index contributed by atoms with van der Waals surface area (Å²) in [5, 5.41) is 7.45. The highest BCUT2D eigenvalue weighted by Gasteiger charge is 2.14. The lowest BCUT2D eigenvalue weighted by molar-refractivity contribution is 0.105. The molecular formula is C20H29ClN4O2. The molecule has 0 aliphatic heterocycles. The minimum Gasteiger partial charge on any atom is -0.467 e. The Morgan fingerprint density at radius 2 is 2.00 bits per heavy atom. The number of nitrogens with zero attached hydrogens (tertiary/aromatic N) is 2. The van der Waals surface area contributed by atoms with E-state index < -0.39 is 0 Å². The summed E-state index contributed by atoms with van der Waals surface area (Å²) in [6, 6.07) is 11.9.